The molecule has 0 aliphatic rings. The van der Waals surface area contributed by atoms with Gasteiger partial charge in [-0.25, -0.2) is 4.79 Å². The van der Waals surface area contributed by atoms with Gasteiger partial charge in [0.2, 0.25) is 0 Å². The molecule has 0 saturated heterocycles. The van der Waals surface area contributed by atoms with Gasteiger partial charge in [0.05, 0.1) is 65.1 Å². The van der Waals surface area contributed by atoms with Crippen LogP contribution in [0.5, 0.6) is 0 Å². The van der Waals surface area contributed by atoms with Crippen LogP contribution in [0, 0.1) is 0 Å². The zero-order valence-electron chi connectivity index (χ0n) is 25.1. The third-order valence-electron chi connectivity index (χ3n) is 2.51. The molecule has 36 heavy (non-hydrogen) atoms. The minimum atomic E-state index is -0.657. The van der Waals surface area contributed by atoms with Gasteiger partial charge in [-0.2, -0.15) is 0 Å². The van der Waals surface area contributed by atoms with Crippen molar-refractivity contribution in [1.82, 2.24) is 0 Å². The van der Waals surface area contributed by atoms with E-state index in [2.05, 4.69) is 23.8 Å². The SMILES string of the molecule is CC(O)CO.COC(=O)OC.COC(C)CO.COCC(C)O.COCC(C)OC.O=CO[O-].[H-].[K+].[K+]. The van der Waals surface area contributed by atoms with Gasteiger partial charge in [0.25, 0.3) is 6.47 Å². The van der Waals surface area contributed by atoms with E-state index in [-0.39, 0.29) is 142 Å². The largest absolute Gasteiger partial charge is 1.00 e. The topological polar surface area (TPSA) is 203 Å². The van der Waals surface area contributed by atoms with E-state index < -0.39 is 12.3 Å². The monoisotopic (exact) mass is 590 g/mol. The van der Waals surface area contributed by atoms with E-state index in [1.54, 1.807) is 42.3 Å². The van der Waals surface area contributed by atoms with Gasteiger partial charge in [0.1, 0.15) is 0 Å². The Kier molecular flexibility index (Phi) is 90.7. The standard InChI is InChI=1S/C5H12O2.2C4H10O2.C3H6O3.C3H8O2.CH2O3.2K.H/c1-5(7-3)4-6-2;1-4(5)3-6-2;1-4(3-5)6-2;1-5-3(4)6-2;1-3(5)2-4;2-1-4-3;;;/h5H,4H2,1-3H3;2*4-5H,3H2,1-2H3;1-2H3;3-5H,2H2,1H3;1,3H;;;/q;;;;;;2*+1;-1/p-1. The Labute approximate surface area is 302 Å². The molecule has 14 nitrogen and oxygen atoms in total. The van der Waals surface area contributed by atoms with Crippen molar-refractivity contribution in [2.24, 2.45) is 0 Å². The first kappa shape index (κ1) is 57.5. The van der Waals surface area contributed by atoms with Crippen LogP contribution in [0.15, 0.2) is 0 Å². The number of ether oxygens (including phenoxy) is 6. The first-order valence-corrected chi connectivity index (χ1v) is 9.84. The molecule has 0 aromatic rings. The van der Waals surface area contributed by atoms with Crippen molar-refractivity contribution in [3.05, 3.63) is 0 Å². The van der Waals surface area contributed by atoms with E-state index in [4.69, 9.17) is 40.0 Å². The van der Waals surface area contributed by atoms with Crippen molar-refractivity contribution in [1.29, 1.82) is 0 Å². The van der Waals surface area contributed by atoms with Crippen LogP contribution in [0.25, 0.3) is 0 Å². The molecule has 4 unspecified atom stereocenters. The van der Waals surface area contributed by atoms with Crippen molar-refractivity contribution in [2.75, 3.05) is 69.1 Å². The normalized spacial score (nSPS) is 11.4. The third kappa shape index (κ3) is 100. The van der Waals surface area contributed by atoms with Crippen LogP contribution in [0.3, 0.4) is 0 Å². The number of hydrogen-bond acceptors (Lipinski definition) is 14. The Hall–Kier alpha value is 1.65. The molecule has 0 aliphatic heterocycles. The average molecular weight is 591 g/mol. The van der Waals surface area contributed by atoms with Crippen LogP contribution in [0.4, 0.5) is 4.79 Å². The van der Waals surface area contributed by atoms with Crippen LogP contribution in [-0.2, 0) is 38.1 Å². The van der Waals surface area contributed by atoms with Crippen LogP contribution < -0.4 is 108 Å². The third-order valence-corrected chi connectivity index (χ3v) is 2.51. The number of rotatable bonds is 9. The molecule has 0 aromatic carbocycles. The van der Waals surface area contributed by atoms with E-state index in [1.807, 2.05) is 6.92 Å². The van der Waals surface area contributed by atoms with Crippen molar-refractivity contribution < 1.29 is 173 Å². The molecule has 0 heterocycles. The molecule has 16 heteroatoms. The van der Waals surface area contributed by atoms with Gasteiger partial charge in [-0.05, 0) is 27.7 Å². The van der Waals surface area contributed by atoms with Gasteiger partial charge in [0, 0.05) is 28.4 Å². The predicted octanol–water partition coefficient (Wildman–Crippen LogP) is -6.99. The zero-order valence-corrected chi connectivity index (χ0v) is 30.3. The molecule has 0 fully saturated rings. The van der Waals surface area contributed by atoms with Crippen molar-refractivity contribution >= 4 is 12.6 Å². The molecule has 0 bridgehead atoms. The summed E-state index contributed by atoms with van der Waals surface area (Å²) in [6.45, 7) is 7.88. The van der Waals surface area contributed by atoms with Gasteiger partial charge in [0.15, 0.2) is 0 Å². The Morgan fingerprint density at radius 3 is 1.14 bits per heavy atom. The van der Waals surface area contributed by atoms with E-state index in [0.29, 0.717) is 13.2 Å². The summed E-state index contributed by atoms with van der Waals surface area (Å²) in [5, 5.41) is 41.1. The quantitative estimate of drug-likeness (QED) is 0.0648. The molecule has 4 atom stereocenters. The van der Waals surface area contributed by atoms with Crippen molar-refractivity contribution in [3.63, 3.8) is 0 Å². The number of carbonyl (C=O) groups excluding carboxylic acids is 2. The second-order valence-corrected chi connectivity index (χ2v) is 5.92. The summed E-state index contributed by atoms with van der Waals surface area (Å²) in [6, 6.07) is 0. The summed E-state index contributed by atoms with van der Waals surface area (Å²) in [5.74, 6) is 0. The number of carbonyl (C=O) groups is 2. The zero-order chi connectivity index (χ0) is 28.4. The summed E-state index contributed by atoms with van der Waals surface area (Å²) in [7, 11) is 8.98. The molecule has 0 aliphatic carbocycles. The predicted molar refractivity (Wildman–Crippen MR) is 122 cm³/mol. The van der Waals surface area contributed by atoms with E-state index >= 15 is 0 Å². The fraction of sp³-hybridized carbons (Fsp3) is 0.900. The van der Waals surface area contributed by atoms with Crippen LogP contribution >= 0.6 is 0 Å². The van der Waals surface area contributed by atoms with Gasteiger partial charge in [-0.3, -0.25) is 4.79 Å². The number of aliphatic hydroxyl groups is 4. The van der Waals surface area contributed by atoms with E-state index in [1.165, 1.54) is 21.1 Å². The van der Waals surface area contributed by atoms with E-state index in [0.717, 1.165) is 0 Å². The molecule has 0 saturated carbocycles. The molecule has 0 amide bonds. The van der Waals surface area contributed by atoms with Crippen LogP contribution in [-0.4, -0.2) is 127 Å². The van der Waals surface area contributed by atoms with Gasteiger partial charge < -0.3 is 60.4 Å². The number of hydrogen-bond donors (Lipinski definition) is 4. The molecule has 0 spiro atoms. The molecular formula is C20H48K2O14. The molecule has 0 aromatic heterocycles. The molecular weight excluding hydrogens is 542 g/mol. The van der Waals surface area contributed by atoms with Crippen molar-refractivity contribution in [2.45, 2.75) is 52.1 Å². The molecule has 4 N–H and O–H groups in total. The van der Waals surface area contributed by atoms with E-state index in [9.17, 15) is 4.79 Å². The second-order valence-electron chi connectivity index (χ2n) is 5.92. The number of methoxy groups -OCH3 is 6. The summed E-state index contributed by atoms with van der Waals surface area (Å²) >= 11 is 0. The average Bonchev–Trinajstić information content (AvgIpc) is 2.84. The smallest absolute Gasteiger partial charge is 1.00 e. The summed E-state index contributed by atoms with van der Waals surface area (Å²) in [4.78, 5) is 21.0. The molecule has 0 rings (SSSR count). The second kappa shape index (κ2) is 56.7. The molecule has 214 valence electrons. The molecule has 0 radical (unpaired) electrons. The van der Waals surface area contributed by atoms with Gasteiger partial charge in [-0.1, -0.05) is 0 Å². The maximum absolute atomic E-state index is 9.74. The minimum Gasteiger partial charge on any atom is -1.00 e. The number of aliphatic hydroxyl groups excluding tert-OH is 4. The summed E-state index contributed by atoms with van der Waals surface area (Å²) < 4.78 is 26.9. The Balaban J connectivity index is -0.0000000360. The first-order chi connectivity index (χ1) is 15.9. The fourth-order valence-electron chi connectivity index (χ4n) is 0.702. The van der Waals surface area contributed by atoms with Crippen LogP contribution in [0.1, 0.15) is 29.1 Å². The Bertz CT molecular complexity index is 351. The minimum absolute atomic E-state index is 0. The first-order valence-electron chi connectivity index (χ1n) is 9.84. The summed E-state index contributed by atoms with van der Waals surface area (Å²) in [5.41, 5.74) is 0. The Morgan fingerprint density at radius 1 is 0.778 bits per heavy atom. The summed E-state index contributed by atoms with van der Waals surface area (Å²) in [6.07, 6.45) is -1.32. The van der Waals surface area contributed by atoms with Crippen LogP contribution in [0.2, 0.25) is 0 Å². The Morgan fingerprint density at radius 2 is 1.11 bits per heavy atom. The maximum Gasteiger partial charge on any atom is 1.00 e. The maximum atomic E-state index is 9.74. The van der Waals surface area contributed by atoms with Crippen molar-refractivity contribution in [3.8, 4) is 0 Å². The fourth-order valence-corrected chi connectivity index (χ4v) is 0.702. The van der Waals surface area contributed by atoms with Gasteiger partial charge >= 0.3 is 109 Å². The van der Waals surface area contributed by atoms with Gasteiger partial charge in [-0.15, -0.1) is 0 Å².